The molecule has 0 rings (SSSR count). The van der Waals surface area contributed by atoms with Gasteiger partial charge in [0.1, 0.15) is 6.29 Å². The van der Waals surface area contributed by atoms with E-state index in [1.165, 1.54) is 0 Å². The molecule has 0 spiro atoms. The Morgan fingerprint density at radius 3 is 2.45 bits per heavy atom. The second-order valence-electron chi connectivity index (χ2n) is 1.70. The minimum Gasteiger partial charge on any atom is -0.475 e. The van der Waals surface area contributed by atoms with Crippen molar-refractivity contribution in [3.63, 3.8) is 0 Å². The van der Waals surface area contributed by atoms with Gasteiger partial charge in [0.15, 0.2) is 0 Å². The molecular formula is C5H7NO4S. The Morgan fingerprint density at radius 1 is 1.64 bits per heavy atom. The van der Waals surface area contributed by atoms with Crippen molar-refractivity contribution in [1.82, 2.24) is 0 Å². The minimum absolute atomic E-state index is 0.160. The van der Waals surface area contributed by atoms with E-state index in [0.29, 0.717) is 18.2 Å². The minimum atomic E-state index is -1.56. The zero-order valence-corrected chi connectivity index (χ0v) is 6.34. The van der Waals surface area contributed by atoms with Crippen LogP contribution in [0.25, 0.3) is 0 Å². The molecule has 6 heteroatoms. The third-order valence-corrected chi connectivity index (χ3v) is 1.71. The van der Waals surface area contributed by atoms with Gasteiger partial charge in [-0.25, -0.2) is 4.79 Å². The van der Waals surface area contributed by atoms with Gasteiger partial charge in [-0.2, -0.15) is 0 Å². The topological polar surface area (TPSA) is 97.5 Å². The van der Waals surface area contributed by atoms with Gasteiger partial charge in [0.25, 0.3) is 5.78 Å². The van der Waals surface area contributed by atoms with Crippen molar-refractivity contribution in [1.29, 1.82) is 0 Å². The molecule has 3 N–H and O–H groups in total. The zero-order valence-electron chi connectivity index (χ0n) is 5.52. The summed E-state index contributed by atoms with van der Waals surface area (Å²) in [5.74, 6) is -2.60. The molecule has 0 radical (unpaired) electrons. The average molecular weight is 177 g/mol. The quantitative estimate of drug-likeness (QED) is 0.324. The highest BCUT2D eigenvalue weighted by Gasteiger charge is 2.23. The molecule has 0 heterocycles. The summed E-state index contributed by atoms with van der Waals surface area (Å²) in [7, 11) is 0. The fraction of sp³-hybridized carbons (Fsp3) is 0.400. The summed E-state index contributed by atoms with van der Waals surface area (Å²) >= 11 is 0.569. The molecule has 0 saturated carbocycles. The number of carbonyl (C=O) groups excluding carboxylic acids is 2. The fourth-order valence-electron chi connectivity index (χ4n) is 0.450. The first-order valence-corrected chi connectivity index (χ1v) is 3.64. The molecule has 0 aliphatic rings. The SMILES string of the molecule is NSC(CC=O)C(=O)C(=O)O. The Morgan fingerprint density at radius 2 is 2.18 bits per heavy atom. The van der Waals surface area contributed by atoms with Gasteiger partial charge in [-0.15, -0.1) is 0 Å². The van der Waals surface area contributed by atoms with Gasteiger partial charge in [0.05, 0.1) is 5.25 Å². The van der Waals surface area contributed by atoms with Crippen LogP contribution in [0.4, 0.5) is 0 Å². The van der Waals surface area contributed by atoms with E-state index in [-0.39, 0.29) is 6.42 Å². The number of aldehydes is 1. The lowest BCUT2D eigenvalue weighted by Gasteiger charge is -2.03. The van der Waals surface area contributed by atoms with Crippen molar-refractivity contribution in [3.8, 4) is 0 Å². The van der Waals surface area contributed by atoms with Crippen LogP contribution in [0.2, 0.25) is 0 Å². The van der Waals surface area contributed by atoms with Crippen LogP contribution >= 0.6 is 11.9 Å². The van der Waals surface area contributed by atoms with Crippen molar-refractivity contribution in [2.75, 3.05) is 0 Å². The number of ketones is 1. The molecule has 0 saturated heterocycles. The van der Waals surface area contributed by atoms with Crippen LogP contribution in [-0.2, 0) is 14.4 Å². The first-order valence-electron chi connectivity index (χ1n) is 2.69. The smallest absolute Gasteiger partial charge is 0.373 e. The Balaban J connectivity index is 4.13. The van der Waals surface area contributed by atoms with Crippen molar-refractivity contribution < 1.29 is 19.5 Å². The molecule has 5 nitrogen and oxygen atoms in total. The van der Waals surface area contributed by atoms with E-state index < -0.39 is 17.0 Å². The first kappa shape index (κ1) is 10.1. The second kappa shape index (κ2) is 4.86. The Kier molecular flexibility index (Phi) is 4.47. The summed E-state index contributed by atoms with van der Waals surface area (Å²) in [6.07, 6.45) is 0.303. The van der Waals surface area contributed by atoms with Crippen molar-refractivity contribution in [2.45, 2.75) is 11.7 Å². The van der Waals surface area contributed by atoms with Gasteiger partial charge in [-0.1, -0.05) is 11.9 Å². The van der Waals surface area contributed by atoms with Crippen LogP contribution < -0.4 is 5.14 Å². The van der Waals surface area contributed by atoms with E-state index in [4.69, 9.17) is 10.2 Å². The Hall–Kier alpha value is -0.880. The number of carboxylic acid groups (broad SMARTS) is 1. The van der Waals surface area contributed by atoms with Gasteiger partial charge < -0.3 is 9.90 Å². The highest BCUT2D eigenvalue weighted by atomic mass is 32.2. The van der Waals surface area contributed by atoms with E-state index >= 15 is 0 Å². The third-order valence-electron chi connectivity index (χ3n) is 0.978. The number of carbonyl (C=O) groups is 3. The van der Waals surface area contributed by atoms with E-state index in [0.717, 1.165) is 0 Å². The summed E-state index contributed by atoms with van der Waals surface area (Å²) in [4.78, 5) is 30.5. The molecule has 0 aliphatic heterocycles. The van der Waals surface area contributed by atoms with E-state index in [2.05, 4.69) is 0 Å². The van der Waals surface area contributed by atoms with Crippen molar-refractivity contribution >= 4 is 30.0 Å². The standard InChI is InChI=1S/C5H7NO4S/c6-11-3(1-2-7)4(8)5(9)10/h2-3H,1,6H2,(H,9,10). The van der Waals surface area contributed by atoms with E-state index in [1.807, 2.05) is 0 Å². The Bertz CT molecular complexity index is 181. The maximum Gasteiger partial charge on any atom is 0.373 e. The van der Waals surface area contributed by atoms with Crippen LogP contribution in [0.3, 0.4) is 0 Å². The lowest BCUT2D eigenvalue weighted by atomic mass is 10.2. The van der Waals surface area contributed by atoms with Crippen LogP contribution in [-0.4, -0.2) is 28.4 Å². The fourth-order valence-corrected chi connectivity index (χ4v) is 0.864. The molecule has 0 bridgehead atoms. The lowest BCUT2D eigenvalue weighted by molar-refractivity contribution is -0.148. The number of aliphatic carboxylic acids is 1. The van der Waals surface area contributed by atoms with Gasteiger partial charge in [0, 0.05) is 6.42 Å². The highest BCUT2D eigenvalue weighted by Crippen LogP contribution is 2.07. The number of Topliss-reactive ketones (excluding diaryl/α,β-unsaturated/α-hetero) is 1. The van der Waals surface area contributed by atoms with Crippen LogP contribution in [0, 0.1) is 0 Å². The number of hydrogen-bond acceptors (Lipinski definition) is 5. The summed E-state index contributed by atoms with van der Waals surface area (Å²) in [6, 6.07) is 0. The van der Waals surface area contributed by atoms with Crippen LogP contribution in [0.15, 0.2) is 0 Å². The molecule has 0 aromatic rings. The summed E-state index contributed by atoms with van der Waals surface area (Å²) in [5.41, 5.74) is 0. The van der Waals surface area contributed by atoms with E-state index in [1.54, 1.807) is 0 Å². The average Bonchev–Trinajstić information content (AvgIpc) is 1.98. The third kappa shape index (κ3) is 3.15. The number of carboxylic acids is 1. The van der Waals surface area contributed by atoms with Crippen LogP contribution in [0.5, 0.6) is 0 Å². The molecule has 1 atom stereocenters. The molecule has 11 heavy (non-hydrogen) atoms. The summed E-state index contributed by atoms with van der Waals surface area (Å²) < 4.78 is 0. The van der Waals surface area contributed by atoms with Gasteiger partial charge in [0.2, 0.25) is 0 Å². The number of hydrogen-bond donors (Lipinski definition) is 2. The maximum atomic E-state index is 10.6. The van der Waals surface area contributed by atoms with E-state index in [9.17, 15) is 14.4 Å². The van der Waals surface area contributed by atoms with Gasteiger partial charge in [-0.3, -0.25) is 9.93 Å². The normalized spacial score (nSPS) is 12.1. The summed E-state index contributed by atoms with van der Waals surface area (Å²) in [5, 5.41) is 12.2. The largest absolute Gasteiger partial charge is 0.475 e. The number of rotatable bonds is 5. The second-order valence-corrected chi connectivity index (χ2v) is 2.54. The first-order chi connectivity index (χ1) is 5.13. The molecule has 1 unspecified atom stereocenters. The molecule has 0 fully saturated rings. The molecule has 0 aromatic heterocycles. The monoisotopic (exact) mass is 177 g/mol. The molecule has 0 aromatic carbocycles. The van der Waals surface area contributed by atoms with Gasteiger partial charge >= 0.3 is 5.97 Å². The number of nitrogens with two attached hydrogens (primary N) is 1. The molecule has 62 valence electrons. The van der Waals surface area contributed by atoms with Crippen LogP contribution in [0.1, 0.15) is 6.42 Å². The predicted molar refractivity (Wildman–Crippen MR) is 38.9 cm³/mol. The Labute approximate surface area is 67.1 Å². The molecule has 0 aliphatic carbocycles. The predicted octanol–water partition coefficient (Wildman–Crippen LogP) is -0.795. The zero-order chi connectivity index (χ0) is 8.85. The van der Waals surface area contributed by atoms with Crippen molar-refractivity contribution in [3.05, 3.63) is 0 Å². The van der Waals surface area contributed by atoms with Crippen molar-refractivity contribution in [2.24, 2.45) is 5.14 Å². The maximum absolute atomic E-state index is 10.6. The lowest BCUT2D eigenvalue weighted by Crippen LogP contribution is -2.27. The molecule has 0 amide bonds. The molecular weight excluding hydrogens is 170 g/mol. The van der Waals surface area contributed by atoms with Gasteiger partial charge in [-0.05, 0) is 0 Å². The summed E-state index contributed by atoms with van der Waals surface area (Å²) in [6.45, 7) is 0. The highest BCUT2D eigenvalue weighted by molar-refractivity contribution is 7.98.